The minimum atomic E-state index is 0. The predicted octanol–water partition coefficient (Wildman–Crippen LogP) is 4.88. The van der Waals surface area contributed by atoms with Gasteiger partial charge in [0.25, 0.3) is 0 Å². The maximum atomic E-state index is 6.23. The second-order valence-electron chi connectivity index (χ2n) is 6.46. The van der Waals surface area contributed by atoms with Gasteiger partial charge in [-0.25, -0.2) is 15.0 Å². The van der Waals surface area contributed by atoms with E-state index in [0.29, 0.717) is 16.6 Å². The molecule has 0 fully saturated rings. The van der Waals surface area contributed by atoms with Gasteiger partial charge in [-0.05, 0) is 49.1 Å². The van der Waals surface area contributed by atoms with E-state index in [1.807, 2.05) is 48.1 Å². The van der Waals surface area contributed by atoms with Crippen molar-refractivity contribution in [3.63, 3.8) is 0 Å². The molecule has 0 saturated carbocycles. The Bertz CT molecular complexity index is 929. The molecule has 0 atom stereocenters. The number of aryl methyl sites for hydroxylation is 1. The summed E-state index contributed by atoms with van der Waals surface area (Å²) in [5.41, 5.74) is 2.14. The average molecular weight is 559 g/mol. The molecule has 2 aromatic heterocycles. The highest BCUT2D eigenvalue weighted by Crippen LogP contribution is 2.21. The van der Waals surface area contributed by atoms with E-state index in [4.69, 9.17) is 23.2 Å². The van der Waals surface area contributed by atoms with Gasteiger partial charge in [0.2, 0.25) is 0 Å². The van der Waals surface area contributed by atoms with Crippen LogP contribution in [0.4, 0.5) is 0 Å². The first kappa shape index (κ1) is 24.4. The number of nitrogens with one attached hydrogen (secondary N) is 2. The largest absolute Gasteiger partial charge is 0.357 e. The summed E-state index contributed by atoms with van der Waals surface area (Å²) in [4.78, 5) is 13.1. The summed E-state index contributed by atoms with van der Waals surface area (Å²) in [6, 6.07) is 9.61. The van der Waals surface area contributed by atoms with Crippen molar-refractivity contribution in [3.8, 4) is 5.82 Å². The van der Waals surface area contributed by atoms with Crippen molar-refractivity contribution in [2.45, 2.75) is 26.3 Å². The van der Waals surface area contributed by atoms with Crippen LogP contribution in [-0.2, 0) is 13.0 Å². The first-order chi connectivity index (χ1) is 14.2. The fraction of sp³-hybridized carbons (Fsp3) is 0.286. The van der Waals surface area contributed by atoms with Gasteiger partial charge in [0.15, 0.2) is 5.96 Å². The number of pyridine rings is 1. The first-order valence-corrected chi connectivity index (χ1v) is 10.3. The number of guanidine groups is 1. The summed E-state index contributed by atoms with van der Waals surface area (Å²) in [5, 5.41) is 8.00. The summed E-state index contributed by atoms with van der Waals surface area (Å²) in [6.45, 7) is 4.19. The van der Waals surface area contributed by atoms with Gasteiger partial charge in [0, 0.05) is 41.7 Å². The molecule has 1 aromatic carbocycles. The molecule has 0 bridgehead atoms. The molecule has 2 N–H and O–H groups in total. The van der Waals surface area contributed by atoms with Gasteiger partial charge in [0.1, 0.15) is 12.1 Å². The number of aromatic nitrogens is 3. The molecule has 0 amide bonds. The molecule has 0 aliphatic carbocycles. The molecule has 2 heterocycles. The Hall–Kier alpha value is -1.84. The molecule has 0 radical (unpaired) electrons. The predicted molar refractivity (Wildman–Crippen MR) is 134 cm³/mol. The molecule has 0 spiro atoms. The van der Waals surface area contributed by atoms with Gasteiger partial charge in [-0.2, -0.15) is 0 Å². The molecule has 3 rings (SSSR count). The highest BCUT2D eigenvalue weighted by molar-refractivity contribution is 14.0. The van der Waals surface area contributed by atoms with E-state index < -0.39 is 0 Å². The van der Waals surface area contributed by atoms with Crippen LogP contribution in [0, 0.1) is 0 Å². The van der Waals surface area contributed by atoms with Crippen molar-refractivity contribution >= 4 is 53.1 Å². The molecule has 30 heavy (non-hydrogen) atoms. The summed E-state index contributed by atoms with van der Waals surface area (Å²) in [7, 11) is 0. The third-order valence-electron chi connectivity index (χ3n) is 4.27. The lowest BCUT2D eigenvalue weighted by molar-refractivity contribution is 0.743. The van der Waals surface area contributed by atoms with Gasteiger partial charge < -0.3 is 10.6 Å². The topological polar surface area (TPSA) is 67.1 Å². The van der Waals surface area contributed by atoms with Crippen molar-refractivity contribution in [3.05, 3.63) is 76.4 Å². The third-order valence-corrected chi connectivity index (χ3v) is 4.86. The maximum absolute atomic E-state index is 6.23. The Labute approximate surface area is 204 Å². The molecular formula is C21H25Cl2IN6. The van der Waals surface area contributed by atoms with Crippen LogP contribution in [0.5, 0.6) is 0 Å². The zero-order valence-electron chi connectivity index (χ0n) is 16.7. The van der Waals surface area contributed by atoms with Crippen molar-refractivity contribution in [2.24, 2.45) is 4.99 Å². The minimum absolute atomic E-state index is 0. The monoisotopic (exact) mass is 558 g/mol. The van der Waals surface area contributed by atoms with Crippen LogP contribution >= 0.6 is 47.2 Å². The van der Waals surface area contributed by atoms with Crippen LogP contribution < -0.4 is 10.6 Å². The SMILES string of the molecule is CCNC(=NCc1ccc(-n2ccnc2)nc1)NCCCc1ccc(Cl)cc1Cl.I. The second kappa shape index (κ2) is 12.8. The summed E-state index contributed by atoms with van der Waals surface area (Å²) < 4.78 is 1.87. The number of halogens is 3. The Morgan fingerprint density at radius 2 is 2.03 bits per heavy atom. The van der Waals surface area contributed by atoms with Crippen molar-refractivity contribution in [1.82, 2.24) is 25.2 Å². The molecule has 0 aliphatic rings. The fourth-order valence-corrected chi connectivity index (χ4v) is 3.28. The molecule has 6 nitrogen and oxygen atoms in total. The Morgan fingerprint density at radius 3 is 2.70 bits per heavy atom. The van der Waals surface area contributed by atoms with Crippen LogP contribution in [0.1, 0.15) is 24.5 Å². The standard InChI is InChI=1S/C21H24Cl2N6.HI/c1-2-25-21(26-9-3-4-17-6-7-18(22)12-19(17)23)28-14-16-5-8-20(27-13-16)29-11-10-24-15-29;/h5-8,10-13,15H,2-4,9,14H2,1H3,(H2,25,26,28);1H. The second-order valence-corrected chi connectivity index (χ2v) is 7.30. The molecule has 0 aliphatic heterocycles. The number of hydrogen-bond donors (Lipinski definition) is 2. The van der Waals surface area contributed by atoms with Crippen LogP contribution in [0.25, 0.3) is 5.82 Å². The number of nitrogens with zero attached hydrogens (tertiary/aromatic N) is 4. The highest BCUT2D eigenvalue weighted by Gasteiger charge is 2.03. The Kier molecular flexibility index (Phi) is 10.4. The minimum Gasteiger partial charge on any atom is -0.357 e. The Morgan fingerprint density at radius 1 is 1.17 bits per heavy atom. The molecule has 3 aromatic rings. The maximum Gasteiger partial charge on any atom is 0.191 e. The van der Waals surface area contributed by atoms with E-state index >= 15 is 0 Å². The molecule has 0 saturated heterocycles. The number of aliphatic imine (C=N–C) groups is 1. The highest BCUT2D eigenvalue weighted by atomic mass is 127. The molecule has 160 valence electrons. The van der Waals surface area contributed by atoms with E-state index in [1.165, 1.54) is 0 Å². The van der Waals surface area contributed by atoms with E-state index in [9.17, 15) is 0 Å². The average Bonchev–Trinajstić information content (AvgIpc) is 3.26. The van der Waals surface area contributed by atoms with E-state index in [1.54, 1.807) is 18.6 Å². The van der Waals surface area contributed by atoms with Gasteiger partial charge in [-0.3, -0.25) is 4.57 Å². The molecule has 9 heteroatoms. The fourth-order valence-electron chi connectivity index (χ4n) is 2.78. The quantitative estimate of drug-likeness (QED) is 0.179. The van der Waals surface area contributed by atoms with E-state index in [-0.39, 0.29) is 24.0 Å². The molecular weight excluding hydrogens is 534 g/mol. The lowest BCUT2D eigenvalue weighted by atomic mass is 10.1. The number of imidazole rings is 1. The van der Waals surface area contributed by atoms with Crippen LogP contribution in [0.3, 0.4) is 0 Å². The van der Waals surface area contributed by atoms with E-state index in [2.05, 4.69) is 25.6 Å². The molecule has 0 unspecified atom stereocenters. The zero-order valence-corrected chi connectivity index (χ0v) is 20.5. The third kappa shape index (κ3) is 7.45. The van der Waals surface area contributed by atoms with Crippen LogP contribution in [-0.4, -0.2) is 33.6 Å². The van der Waals surface area contributed by atoms with Gasteiger partial charge in [-0.15, -0.1) is 24.0 Å². The normalized spacial score (nSPS) is 11.1. The smallest absolute Gasteiger partial charge is 0.191 e. The lowest BCUT2D eigenvalue weighted by Gasteiger charge is -2.12. The first-order valence-electron chi connectivity index (χ1n) is 9.55. The van der Waals surface area contributed by atoms with Crippen LogP contribution in [0.15, 0.2) is 60.2 Å². The summed E-state index contributed by atoms with van der Waals surface area (Å²) >= 11 is 12.2. The van der Waals surface area contributed by atoms with Gasteiger partial charge in [-0.1, -0.05) is 35.3 Å². The zero-order chi connectivity index (χ0) is 20.5. The van der Waals surface area contributed by atoms with Gasteiger partial charge >= 0.3 is 0 Å². The van der Waals surface area contributed by atoms with E-state index in [0.717, 1.165) is 48.8 Å². The summed E-state index contributed by atoms with van der Waals surface area (Å²) in [5.74, 6) is 1.62. The number of rotatable bonds is 8. The summed E-state index contributed by atoms with van der Waals surface area (Å²) in [6.07, 6.45) is 8.98. The van der Waals surface area contributed by atoms with Crippen molar-refractivity contribution < 1.29 is 0 Å². The van der Waals surface area contributed by atoms with Crippen molar-refractivity contribution in [1.29, 1.82) is 0 Å². The van der Waals surface area contributed by atoms with Gasteiger partial charge in [0.05, 0.1) is 6.54 Å². The van der Waals surface area contributed by atoms with Crippen LogP contribution in [0.2, 0.25) is 10.0 Å². The number of benzene rings is 1. The Balaban J connectivity index is 0.00000320. The lowest BCUT2D eigenvalue weighted by Crippen LogP contribution is -2.37. The number of hydrogen-bond acceptors (Lipinski definition) is 3. The van der Waals surface area contributed by atoms with Crippen molar-refractivity contribution in [2.75, 3.05) is 13.1 Å².